The number of carbonyl (C=O) groups excluding carboxylic acids is 1. The highest BCUT2D eigenvalue weighted by molar-refractivity contribution is 7.89. The van der Waals surface area contributed by atoms with Gasteiger partial charge in [0, 0.05) is 24.8 Å². The number of carbonyl (C=O) groups is 1. The van der Waals surface area contributed by atoms with Gasteiger partial charge >= 0.3 is 0 Å². The number of amides is 1. The second kappa shape index (κ2) is 8.84. The van der Waals surface area contributed by atoms with Gasteiger partial charge < -0.3 is 14.8 Å². The van der Waals surface area contributed by atoms with Gasteiger partial charge in [-0.3, -0.25) is 4.79 Å². The molecule has 1 saturated heterocycles. The van der Waals surface area contributed by atoms with Gasteiger partial charge in [0.1, 0.15) is 0 Å². The Morgan fingerprint density at radius 3 is 2.55 bits per heavy atom. The molecule has 8 heteroatoms. The van der Waals surface area contributed by atoms with Crippen molar-refractivity contribution in [1.29, 1.82) is 0 Å². The molecule has 3 rings (SSSR count). The number of hydrogen-bond acceptors (Lipinski definition) is 5. The molecule has 0 aliphatic carbocycles. The van der Waals surface area contributed by atoms with Gasteiger partial charge in [0.15, 0.2) is 11.5 Å². The molecule has 2 aromatic rings. The van der Waals surface area contributed by atoms with Gasteiger partial charge in [-0.25, -0.2) is 8.42 Å². The summed E-state index contributed by atoms with van der Waals surface area (Å²) in [6.45, 7) is 2.48. The van der Waals surface area contributed by atoms with Crippen molar-refractivity contribution in [3.05, 3.63) is 48.0 Å². The van der Waals surface area contributed by atoms with Crippen LogP contribution in [-0.4, -0.2) is 45.9 Å². The smallest absolute Gasteiger partial charge is 0.243 e. The summed E-state index contributed by atoms with van der Waals surface area (Å²) >= 11 is 0. The van der Waals surface area contributed by atoms with E-state index in [9.17, 15) is 13.2 Å². The summed E-state index contributed by atoms with van der Waals surface area (Å²) in [5.74, 6) is 0.238. The van der Waals surface area contributed by atoms with Crippen LogP contribution < -0.4 is 14.8 Å². The lowest BCUT2D eigenvalue weighted by Gasteiger charge is -2.31. The second-order valence-electron chi connectivity index (χ2n) is 7.08. The van der Waals surface area contributed by atoms with Crippen LogP contribution in [0.5, 0.6) is 11.5 Å². The summed E-state index contributed by atoms with van der Waals surface area (Å²) in [5, 5.41) is 2.90. The van der Waals surface area contributed by atoms with E-state index in [2.05, 4.69) is 5.32 Å². The van der Waals surface area contributed by atoms with Crippen molar-refractivity contribution in [2.75, 3.05) is 32.6 Å². The van der Waals surface area contributed by atoms with Crippen LogP contribution in [0.15, 0.2) is 47.4 Å². The molecule has 1 amide bonds. The Bertz CT molecular complexity index is 990. The quantitative estimate of drug-likeness (QED) is 0.779. The summed E-state index contributed by atoms with van der Waals surface area (Å²) in [4.78, 5) is 12.8. The molecule has 0 radical (unpaired) electrons. The van der Waals surface area contributed by atoms with Crippen LogP contribution in [-0.2, 0) is 14.8 Å². The van der Waals surface area contributed by atoms with E-state index >= 15 is 0 Å². The van der Waals surface area contributed by atoms with Gasteiger partial charge in [0.05, 0.1) is 25.0 Å². The largest absolute Gasteiger partial charge is 0.493 e. The molecule has 2 aromatic carbocycles. The highest BCUT2D eigenvalue weighted by atomic mass is 32.2. The topological polar surface area (TPSA) is 84.9 Å². The summed E-state index contributed by atoms with van der Waals surface area (Å²) in [7, 11) is -0.795. The molecule has 1 aliphatic rings. The first kappa shape index (κ1) is 21.1. The summed E-state index contributed by atoms with van der Waals surface area (Å²) in [6.07, 6.45) is 1.27. The summed E-state index contributed by atoms with van der Waals surface area (Å²) in [5.41, 5.74) is 1.76. The molecule has 1 aliphatic heterocycles. The number of rotatable bonds is 6. The Kier molecular flexibility index (Phi) is 6.44. The number of ether oxygens (including phenoxy) is 2. The number of piperidine rings is 1. The van der Waals surface area contributed by atoms with Crippen LogP contribution >= 0.6 is 0 Å². The maximum absolute atomic E-state index is 13.1. The Balaban J connectivity index is 1.76. The van der Waals surface area contributed by atoms with Crippen molar-refractivity contribution in [2.45, 2.75) is 24.7 Å². The molecule has 0 unspecified atom stereocenters. The first-order valence-corrected chi connectivity index (χ1v) is 10.9. The monoisotopic (exact) mass is 418 g/mol. The maximum atomic E-state index is 13.1. The van der Waals surface area contributed by atoms with E-state index in [0.717, 1.165) is 11.3 Å². The molecule has 1 heterocycles. The molecule has 0 bridgehead atoms. The fourth-order valence-electron chi connectivity index (χ4n) is 3.47. The number of anilines is 1. The third-order valence-electron chi connectivity index (χ3n) is 5.03. The maximum Gasteiger partial charge on any atom is 0.243 e. The Labute approximate surface area is 171 Å². The average molecular weight is 419 g/mol. The van der Waals surface area contributed by atoms with Crippen molar-refractivity contribution in [2.24, 2.45) is 5.92 Å². The van der Waals surface area contributed by atoms with Crippen LogP contribution in [0.1, 0.15) is 18.4 Å². The van der Waals surface area contributed by atoms with E-state index in [0.29, 0.717) is 30.9 Å². The number of nitrogens with one attached hydrogen (secondary N) is 1. The third-order valence-corrected chi connectivity index (χ3v) is 6.89. The van der Waals surface area contributed by atoms with E-state index in [1.54, 1.807) is 6.07 Å². The van der Waals surface area contributed by atoms with Crippen molar-refractivity contribution in [3.8, 4) is 11.5 Å². The molecule has 156 valence electrons. The Morgan fingerprint density at radius 2 is 1.86 bits per heavy atom. The van der Waals surface area contributed by atoms with E-state index in [1.165, 1.54) is 30.7 Å². The van der Waals surface area contributed by atoms with Crippen molar-refractivity contribution >= 4 is 21.6 Å². The number of sulfonamides is 1. The van der Waals surface area contributed by atoms with Crippen LogP contribution in [0.2, 0.25) is 0 Å². The molecule has 0 saturated carbocycles. The van der Waals surface area contributed by atoms with Gasteiger partial charge in [-0.05, 0) is 49.6 Å². The Morgan fingerprint density at radius 1 is 1.10 bits per heavy atom. The number of methoxy groups -OCH3 is 2. The van der Waals surface area contributed by atoms with E-state index in [1.807, 2.05) is 31.2 Å². The zero-order valence-electron chi connectivity index (χ0n) is 16.8. The normalized spacial score (nSPS) is 17.6. The van der Waals surface area contributed by atoms with E-state index in [4.69, 9.17) is 9.47 Å². The van der Waals surface area contributed by atoms with Crippen LogP contribution in [0.3, 0.4) is 0 Å². The van der Waals surface area contributed by atoms with Crippen molar-refractivity contribution < 1.29 is 22.7 Å². The summed E-state index contributed by atoms with van der Waals surface area (Å²) < 4.78 is 38.0. The lowest BCUT2D eigenvalue weighted by Crippen LogP contribution is -2.43. The standard InChI is InChI=1S/C21H26N2O5S/c1-15-6-4-8-17(12-15)22-21(24)16-7-5-11-23(14-16)29(25,26)18-9-10-19(27-2)20(13-18)28-3/h4,6,8-10,12-13,16H,5,7,11,14H2,1-3H3,(H,22,24)/t16-/m1/s1. The zero-order chi connectivity index (χ0) is 21.0. The lowest BCUT2D eigenvalue weighted by atomic mass is 9.98. The second-order valence-corrected chi connectivity index (χ2v) is 9.02. The fourth-order valence-corrected chi connectivity index (χ4v) is 5.01. The number of benzene rings is 2. The fraction of sp³-hybridized carbons (Fsp3) is 0.381. The first-order valence-electron chi connectivity index (χ1n) is 9.45. The molecule has 0 spiro atoms. The molecule has 7 nitrogen and oxygen atoms in total. The van der Waals surface area contributed by atoms with Gasteiger partial charge in [0.2, 0.25) is 15.9 Å². The van der Waals surface area contributed by atoms with Crippen LogP contribution in [0.4, 0.5) is 5.69 Å². The average Bonchev–Trinajstić information content (AvgIpc) is 2.73. The Hall–Kier alpha value is -2.58. The zero-order valence-corrected chi connectivity index (χ0v) is 17.7. The van der Waals surface area contributed by atoms with Gasteiger partial charge in [-0.1, -0.05) is 12.1 Å². The van der Waals surface area contributed by atoms with Gasteiger partial charge in [0.25, 0.3) is 0 Å². The molecule has 1 fully saturated rings. The number of aryl methyl sites for hydroxylation is 1. The van der Waals surface area contributed by atoms with Crippen LogP contribution in [0.25, 0.3) is 0 Å². The van der Waals surface area contributed by atoms with Gasteiger partial charge in [-0.15, -0.1) is 0 Å². The number of nitrogens with zero attached hydrogens (tertiary/aromatic N) is 1. The van der Waals surface area contributed by atoms with E-state index in [-0.39, 0.29) is 17.3 Å². The first-order chi connectivity index (χ1) is 13.8. The highest BCUT2D eigenvalue weighted by Gasteiger charge is 2.33. The minimum absolute atomic E-state index is 0.120. The molecular formula is C21H26N2O5S. The van der Waals surface area contributed by atoms with Gasteiger partial charge in [-0.2, -0.15) is 4.31 Å². The number of hydrogen-bond donors (Lipinski definition) is 1. The SMILES string of the molecule is COc1ccc(S(=O)(=O)N2CCC[C@@H](C(=O)Nc3cccc(C)c3)C2)cc1OC. The van der Waals surface area contributed by atoms with Crippen molar-refractivity contribution in [3.63, 3.8) is 0 Å². The predicted octanol–water partition coefficient (Wildman–Crippen LogP) is 3.05. The van der Waals surface area contributed by atoms with Crippen LogP contribution in [0, 0.1) is 12.8 Å². The minimum atomic E-state index is -3.75. The third kappa shape index (κ3) is 4.71. The van der Waals surface area contributed by atoms with E-state index < -0.39 is 15.9 Å². The molecule has 0 aromatic heterocycles. The molecule has 1 atom stereocenters. The predicted molar refractivity (Wildman–Crippen MR) is 111 cm³/mol. The molecular weight excluding hydrogens is 392 g/mol. The molecule has 29 heavy (non-hydrogen) atoms. The summed E-state index contributed by atoms with van der Waals surface area (Å²) in [6, 6.07) is 12.0. The van der Waals surface area contributed by atoms with Crippen molar-refractivity contribution in [1.82, 2.24) is 4.31 Å². The minimum Gasteiger partial charge on any atom is -0.493 e. The lowest BCUT2D eigenvalue weighted by molar-refractivity contribution is -0.120. The highest BCUT2D eigenvalue weighted by Crippen LogP contribution is 2.32. The molecule has 1 N–H and O–H groups in total.